The molecule has 0 fully saturated rings. The Bertz CT molecular complexity index is 175. The van der Waals surface area contributed by atoms with Crippen molar-refractivity contribution in [1.82, 2.24) is 0 Å². The van der Waals surface area contributed by atoms with Crippen LogP contribution in [0.5, 0.6) is 0 Å². The Balaban J connectivity index is 2.70. The molecule has 0 saturated heterocycles. The first-order chi connectivity index (χ1) is 4.33. The first kappa shape index (κ1) is 6.69. The molecule has 1 heteroatoms. The Labute approximate surface area is 61.3 Å². The molecule has 9 heavy (non-hydrogen) atoms. The summed E-state index contributed by atoms with van der Waals surface area (Å²) in [6.07, 6.45) is 8.42. The van der Waals surface area contributed by atoms with Gasteiger partial charge in [-0.25, -0.2) is 0 Å². The first-order valence-electron chi connectivity index (χ1n) is 3.23. The van der Waals surface area contributed by atoms with Gasteiger partial charge in [0.1, 0.15) is 0 Å². The Kier molecular flexibility index (Phi) is 2.17. The molecule has 0 bridgehead atoms. The Morgan fingerprint density at radius 2 is 2.44 bits per heavy atom. The molecular weight excluding hydrogens is 128 g/mol. The molecule has 1 rings (SSSR count). The highest BCUT2D eigenvalue weighted by Gasteiger charge is 1.97. The number of hydrogen-bond donors (Lipinski definition) is 0. The lowest BCUT2D eigenvalue weighted by molar-refractivity contribution is 1.14. The minimum Gasteiger partial charge on any atom is -0.0846 e. The van der Waals surface area contributed by atoms with E-state index in [9.17, 15) is 0 Å². The average Bonchev–Trinajstić information content (AvgIpc) is 1.88. The zero-order valence-electron chi connectivity index (χ0n) is 5.55. The lowest BCUT2D eigenvalue weighted by Gasteiger charge is -2.02. The number of hydrogen-bond acceptors (Lipinski definition) is 1. The van der Waals surface area contributed by atoms with Gasteiger partial charge in [0, 0.05) is 11.3 Å². The second-order valence-electron chi connectivity index (χ2n) is 2.15. The molecule has 0 amide bonds. The summed E-state index contributed by atoms with van der Waals surface area (Å²) in [5, 5.41) is 0. The predicted octanol–water partition coefficient (Wildman–Crippen LogP) is 2.65. The molecule has 0 spiro atoms. The quantitative estimate of drug-likeness (QED) is 0.502. The van der Waals surface area contributed by atoms with Crippen molar-refractivity contribution in [1.29, 1.82) is 0 Å². The summed E-state index contributed by atoms with van der Waals surface area (Å²) in [5.74, 6) is 0. The summed E-state index contributed by atoms with van der Waals surface area (Å²) in [6.45, 7) is 2.14. The van der Waals surface area contributed by atoms with Crippen LogP contribution in [-0.4, -0.2) is 4.86 Å². The van der Waals surface area contributed by atoms with E-state index < -0.39 is 0 Å². The molecule has 0 radical (unpaired) electrons. The summed E-state index contributed by atoms with van der Waals surface area (Å²) in [4.78, 5) is 1.06. The fourth-order valence-electron chi connectivity index (χ4n) is 0.860. The third-order valence-corrected chi connectivity index (χ3v) is 1.69. The van der Waals surface area contributed by atoms with Gasteiger partial charge in [0.05, 0.1) is 0 Å². The van der Waals surface area contributed by atoms with Crippen molar-refractivity contribution >= 4 is 17.1 Å². The van der Waals surface area contributed by atoms with Crippen molar-refractivity contribution < 1.29 is 0 Å². The van der Waals surface area contributed by atoms with Crippen LogP contribution in [0, 0.1) is 0 Å². The van der Waals surface area contributed by atoms with E-state index in [0.29, 0.717) is 0 Å². The lowest BCUT2D eigenvalue weighted by Crippen LogP contribution is -1.93. The maximum Gasteiger partial charge on any atom is 0.0192 e. The molecule has 0 aromatic heterocycles. The summed E-state index contributed by atoms with van der Waals surface area (Å²) in [5.41, 5.74) is 1.35. The second kappa shape index (κ2) is 2.92. The van der Waals surface area contributed by atoms with E-state index in [1.165, 1.54) is 5.57 Å². The number of thiocarbonyl (C=S) groups is 1. The van der Waals surface area contributed by atoms with Gasteiger partial charge in [0.15, 0.2) is 0 Å². The Morgan fingerprint density at radius 1 is 1.67 bits per heavy atom. The minimum atomic E-state index is 0.957. The molecule has 0 unspecified atom stereocenters. The molecule has 0 nitrogen and oxygen atoms in total. The Hall–Kier alpha value is -0.430. The van der Waals surface area contributed by atoms with Crippen LogP contribution in [0.4, 0.5) is 0 Å². The fraction of sp³-hybridized carbons (Fsp3) is 0.375. The van der Waals surface area contributed by atoms with Crippen molar-refractivity contribution in [3.8, 4) is 0 Å². The van der Waals surface area contributed by atoms with Crippen LogP contribution in [0.1, 0.15) is 19.8 Å². The average molecular weight is 138 g/mol. The molecule has 0 N–H and O–H groups in total. The van der Waals surface area contributed by atoms with Crippen LogP contribution in [0.15, 0.2) is 23.8 Å². The van der Waals surface area contributed by atoms with Crippen molar-refractivity contribution in [2.75, 3.05) is 0 Å². The topological polar surface area (TPSA) is 0 Å². The largest absolute Gasteiger partial charge is 0.0846 e. The van der Waals surface area contributed by atoms with Gasteiger partial charge in [-0.2, -0.15) is 0 Å². The van der Waals surface area contributed by atoms with E-state index in [2.05, 4.69) is 25.2 Å². The van der Waals surface area contributed by atoms with E-state index >= 15 is 0 Å². The molecule has 0 atom stereocenters. The molecule has 1 aliphatic carbocycles. The third-order valence-electron chi connectivity index (χ3n) is 1.41. The van der Waals surface area contributed by atoms with Gasteiger partial charge in [-0.05, 0) is 18.1 Å². The highest BCUT2D eigenvalue weighted by atomic mass is 32.1. The standard InChI is InChI=1S/C8H10S/c1-2-7-4-3-5-8(9)6-7/h3-4,6H,2,5H2,1H3. The van der Waals surface area contributed by atoms with Gasteiger partial charge in [-0.3, -0.25) is 0 Å². The highest BCUT2D eigenvalue weighted by molar-refractivity contribution is 7.80. The van der Waals surface area contributed by atoms with Crippen molar-refractivity contribution in [3.63, 3.8) is 0 Å². The monoisotopic (exact) mass is 138 g/mol. The van der Waals surface area contributed by atoms with Crippen molar-refractivity contribution in [2.45, 2.75) is 19.8 Å². The second-order valence-corrected chi connectivity index (χ2v) is 2.67. The maximum absolute atomic E-state index is 5.02. The molecule has 48 valence electrons. The van der Waals surface area contributed by atoms with Crippen LogP contribution in [-0.2, 0) is 0 Å². The van der Waals surface area contributed by atoms with Gasteiger partial charge < -0.3 is 0 Å². The predicted molar refractivity (Wildman–Crippen MR) is 44.7 cm³/mol. The third kappa shape index (κ3) is 1.75. The first-order valence-corrected chi connectivity index (χ1v) is 3.63. The molecule has 0 aromatic rings. The van der Waals surface area contributed by atoms with E-state index in [-0.39, 0.29) is 0 Å². The summed E-state index contributed by atoms with van der Waals surface area (Å²) < 4.78 is 0. The van der Waals surface area contributed by atoms with Gasteiger partial charge in [0.2, 0.25) is 0 Å². The van der Waals surface area contributed by atoms with Crippen LogP contribution in [0.3, 0.4) is 0 Å². The van der Waals surface area contributed by atoms with Gasteiger partial charge in [0.25, 0.3) is 0 Å². The lowest BCUT2D eigenvalue weighted by atomic mass is 10.1. The molecular formula is C8H10S. The van der Waals surface area contributed by atoms with Crippen molar-refractivity contribution in [3.05, 3.63) is 23.8 Å². The van der Waals surface area contributed by atoms with E-state index in [4.69, 9.17) is 12.2 Å². The summed E-state index contributed by atoms with van der Waals surface area (Å²) in [6, 6.07) is 0. The van der Waals surface area contributed by atoms with E-state index in [1.807, 2.05) is 0 Å². The van der Waals surface area contributed by atoms with Gasteiger partial charge in [-0.1, -0.05) is 31.3 Å². The van der Waals surface area contributed by atoms with Gasteiger partial charge >= 0.3 is 0 Å². The van der Waals surface area contributed by atoms with Crippen molar-refractivity contribution in [2.24, 2.45) is 0 Å². The normalized spacial score (nSPS) is 17.9. The van der Waals surface area contributed by atoms with Crippen LogP contribution < -0.4 is 0 Å². The zero-order chi connectivity index (χ0) is 6.69. The SMILES string of the molecule is CCC1=CC(=S)CC=C1. The summed E-state index contributed by atoms with van der Waals surface area (Å²) >= 11 is 5.02. The van der Waals surface area contributed by atoms with Crippen LogP contribution in [0.25, 0.3) is 0 Å². The molecule has 0 heterocycles. The molecule has 0 aromatic carbocycles. The van der Waals surface area contributed by atoms with Crippen LogP contribution in [0.2, 0.25) is 0 Å². The van der Waals surface area contributed by atoms with Crippen LogP contribution >= 0.6 is 12.2 Å². The zero-order valence-corrected chi connectivity index (χ0v) is 6.37. The molecule has 0 saturated carbocycles. The molecule has 0 aliphatic heterocycles. The summed E-state index contributed by atoms with van der Waals surface area (Å²) in [7, 11) is 0. The van der Waals surface area contributed by atoms with E-state index in [1.54, 1.807) is 0 Å². The van der Waals surface area contributed by atoms with Gasteiger partial charge in [-0.15, -0.1) is 0 Å². The molecule has 1 aliphatic rings. The fourth-order valence-corrected chi connectivity index (χ4v) is 1.11. The minimum absolute atomic E-state index is 0.957. The maximum atomic E-state index is 5.02. The Morgan fingerprint density at radius 3 is 2.89 bits per heavy atom. The number of rotatable bonds is 1. The highest BCUT2D eigenvalue weighted by Crippen LogP contribution is 2.10. The smallest absolute Gasteiger partial charge is 0.0192 e. The number of allylic oxidation sites excluding steroid dienone is 4. The van der Waals surface area contributed by atoms with E-state index in [0.717, 1.165) is 17.7 Å².